The van der Waals surface area contributed by atoms with Gasteiger partial charge < -0.3 is 0 Å². The van der Waals surface area contributed by atoms with Crippen LogP contribution in [0.4, 0.5) is 0 Å². The monoisotopic (exact) mass is 277 g/mol. The molecule has 0 aromatic heterocycles. The summed E-state index contributed by atoms with van der Waals surface area (Å²) in [6, 6.07) is 8.22. The summed E-state index contributed by atoms with van der Waals surface area (Å²) in [6.07, 6.45) is 1.18. The zero-order valence-corrected chi connectivity index (χ0v) is 10.7. The average molecular weight is 277 g/mol. The highest BCUT2D eigenvalue weighted by Gasteiger charge is 2.38. The number of imide groups is 1. The van der Waals surface area contributed by atoms with Crippen molar-refractivity contribution in [3.05, 3.63) is 53.5 Å². The lowest BCUT2D eigenvalue weighted by Gasteiger charge is -2.03. The summed E-state index contributed by atoms with van der Waals surface area (Å²) in [6.45, 7) is 3.34. The van der Waals surface area contributed by atoms with E-state index in [1.807, 2.05) is 5.32 Å². The van der Waals surface area contributed by atoms with E-state index in [0.29, 0.717) is 5.56 Å². The Labute approximate surface area is 110 Å². The normalized spacial score (nSPS) is 15.6. The molecule has 0 atom stereocenters. The van der Waals surface area contributed by atoms with Crippen LogP contribution >= 0.6 is 0 Å². The maximum atomic E-state index is 12.0. The minimum absolute atomic E-state index is 0.104. The third-order valence-electron chi connectivity index (χ3n) is 2.60. The number of benzene rings is 1. The number of carbonyl (C=O) groups is 2. The number of rotatable bonds is 4. The molecule has 98 valence electrons. The van der Waals surface area contributed by atoms with Crippen LogP contribution in [0.5, 0.6) is 0 Å². The molecule has 1 aromatic rings. The van der Waals surface area contributed by atoms with Crippen LogP contribution in [0.1, 0.15) is 5.56 Å². The summed E-state index contributed by atoms with van der Waals surface area (Å²) in [7, 11) is -3.86. The predicted octanol–water partition coefficient (Wildman–Crippen LogP) is 0.655. The second-order valence-electron chi connectivity index (χ2n) is 3.92. The number of nitrogens with one attached hydrogen (secondary N) is 1. The lowest BCUT2D eigenvalue weighted by molar-refractivity contribution is -0.123. The van der Waals surface area contributed by atoms with Crippen molar-refractivity contribution in [3.63, 3.8) is 0 Å². The number of amides is 2. The van der Waals surface area contributed by atoms with Crippen molar-refractivity contribution >= 4 is 27.2 Å². The van der Waals surface area contributed by atoms with Crippen LogP contribution in [-0.4, -0.2) is 26.0 Å². The van der Waals surface area contributed by atoms with Crippen molar-refractivity contribution < 1.29 is 18.0 Å². The van der Waals surface area contributed by atoms with Gasteiger partial charge >= 0.3 is 0 Å². The summed E-state index contributed by atoms with van der Waals surface area (Å²) in [4.78, 5) is 23.0. The molecule has 1 N–H and O–H groups in total. The van der Waals surface area contributed by atoms with Gasteiger partial charge in [0.2, 0.25) is 0 Å². The van der Waals surface area contributed by atoms with E-state index in [2.05, 4.69) is 6.58 Å². The molecule has 0 saturated carbocycles. The summed E-state index contributed by atoms with van der Waals surface area (Å²) in [5.41, 5.74) is 0.293. The summed E-state index contributed by atoms with van der Waals surface area (Å²) < 4.78 is 24.1. The van der Waals surface area contributed by atoms with Gasteiger partial charge in [-0.05, 0) is 5.56 Å². The van der Waals surface area contributed by atoms with Crippen LogP contribution in [0.15, 0.2) is 47.9 Å². The first-order valence-electron chi connectivity index (χ1n) is 5.46. The molecule has 1 aromatic carbocycles. The highest BCUT2D eigenvalue weighted by Crippen LogP contribution is 2.27. The molecule has 1 heterocycles. The SMILES string of the molecule is C=CCS(=O)(=O)C1=C(c2ccccc2)C(=O)NC1=O. The van der Waals surface area contributed by atoms with Crippen molar-refractivity contribution in [2.24, 2.45) is 0 Å². The Morgan fingerprint density at radius 2 is 1.74 bits per heavy atom. The molecule has 2 amide bonds. The third kappa shape index (κ3) is 2.34. The van der Waals surface area contributed by atoms with Crippen molar-refractivity contribution in [1.29, 1.82) is 0 Å². The van der Waals surface area contributed by atoms with Gasteiger partial charge in [-0.25, -0.2) is 8.42 Å². The number of hydrogen-bond donors (Lipinski definition) is 1. The molecule has 0 bridgehead atoms. The third-order valence-corrected chi connectivity index (χ3v) is 4.28. The molecular weight excluding hydrogens is 266 g/mol. The van der Waals surface area contributed by atoms with Crippen molar-refractivity contribution in [3.8, 4) is 0 Å². The Morgan fingerprint density at radius 1 is 1.11 bits per heavy atom. The maximum Gasteiger partial charge on any atom is 0.270 e. The van der Waals surface area contributed by atoms with Crippen LogP contribution in [-0.2, 0) is 19.4 Å². The first kappa shape index (κ1) is 13.2. The van der Waals surface area contributed by atoms with Crippen LogP contribution in [0.2, 0.25) is 0 Å². The predicted molar refractivity (Wildman–Crippen MR) is 70.5 cm³/mol. The van der Waals surface area contributed by atoms with Gasteiger partial charge in [0.1, 0.15) is 4.91 Å². The van der Waals surface area contributed by atoms with Crippen molar-refractivity contribution in [2.75, 3.05) is 5.75 Å². The number of hydrogen-bond acceptors (Lipinski definition) is 4. The Kier molecular flexibility index (Phi) is 3.35. The summed E-state index contributed by atoms with van der Waals surface area (Å²) in [5, 5.41) is 2.01. The second kappa shape index (κ2) is 4.81. The van der Waals surface area contributed by atoms with E-state index in [9.17, 15) is 18.0 Å². The molecule has 0 unspecified atom stereocenters. The van der Waals surface area contributed by atoms with E-state index < -0.39 is 26.6 Å². The van der Waals surface area contributed by atoms with Gasteiger partial charge in [0.05, 0.1) is 11.3 Å². The molecule has 19 heavy (non-hydrogen) atoms. The molecule has 0 saturated heterocycles. The summed E-state index contributed by atoms with van der Waals surface area (Å²) >= 11 is 0. The molecule has 6 heteroatoms. The van der Waals surface area contributed by atoms with E-state index in [0.717, 1.165) is 0 Å². The first-order valence-corrected chi connectivity index (χ1v) is 7.11. The molecule has 0 fully saturated rings. The summed E-state index contributed by atoms with van der Waals surface area (Å²) in [5.74, 6) is -1.97. The quantitative estimate of drug-likeness (QED) is 0.647. The maximum absolute atomic E-state index is 12.0. The van der Waals surface area contributed by atoms with E-state index in [1.165, 1.54) is 6.08 Å². The minimum Gasteiger partial charge on any atom is -0.287 e. The molecular formula is C13H11NO4S. The fraction of sp³-hybridized carbons (Fsp3) is 0.0769. The fourth-order valence-electron chi connectivity index (χ4n) is 1.84. The van der Waals surface area contributed by atoms with E-state index >= 15 is 0 Å². The molecule has 5 nitrogen and oxygen atoms in total. The largest absolute Gasteiger partial charge is 0.287 e. The highest BCUT2D eigenvalue weighted by atomic mass is 32.2. The average Bonchev–Trinajstić information content (AvgIpc) is 2.66. The van der Waals surface area contributed by atoms with E-state index in [-0.39, 0.29) is 11.3 Å². The van der Waals surface area contributed by atoms with Gasteiger partial charge in [0.15, 0.2) is 9.84 Å². The highest BCUT2D eigenvalue weighted by molar-refractivity contribution is 7.96. The Balaban J connectivity index is 2.70. The zero-order valence-electron chi connectivity index (χ0n) is 9.92. The van der Waals surface area contributed by atoms with Crippen LogP contribution in [0.25, 0.3) is 5.57 Å². The molecule has 0 spiro atoms. The van der Waals surface area contributed by atoms with Crippen LogP contribution < -0.4 is 5.32 Å². The molecule has 2 rings (SSSR count). The van der Waals surface area contributed by atoms with E-state index in [1.54, 1.807) is 30.3 Å². The Hall–Kier alpha value is -2.21. The zero-order chi connectivity index (χ0) is 14.0. The van der Waals surface area contributed by atoms with Gasteiger partial charge in [-0.3, -0.25) is 14.9 Å². The minimum atomic E-state index is -3.86. The topological polar surface area (TPSA) is 80.3 Å². The molecule has 0 aliphatic carbocycles. The van der Waals surface area contributed by atoms with Crippen molar-refractivity contribution in [1.82, 2.24) is 5.32 Å². The van der Waals surface area contributed by atoms with Crippen LogP contribution in [0.3, 0.4) is 0 Å². The van der Waals surface area contributed by atoms with Gasteiger partial charge in [-0.15, -0.1) is 6.58 Å². The van der Waals surface area contributed by atoms with Gasteiger partial charge in [-0.1, -0.05) is 36.4 Å². The van der Waals surface area contributed by atoms with Crippen LogP contribution in [0, 0.1) is 0 Å². The Morgan fingerprint density at radius 3 is 2.32 bits per heavy atom. The molecule has 0 radical (unpaired) electrons. The van der Waals surface area contributed by atoms with Gasteiger partial charge in [0.25, 0.3) is 11.8 Å². The molecule has 1 aliphatic heterocycles. The fourth-order valence-corrected chi connectivity index (χ4v) is 3.17. The number of carbonyl (C=O) groups excluding carboxylic acids is 2. The Bertz CT molecular complexity index is 687. The second-order valence-corrected chi connectivity index (χ2v) is 5.89. The lowest BCUT2D eigenvalue weighted by Crippen LogP contribution is -2.25. The van der Waals surface area contributed by atoms with Crippen molar-refractivity contribution in [2.45, 2.75) is 0 Å². The number of sulfone groups is 1. The lowest BCUT2D eigenvalue weighted by atomic mass is 10.1. The standard InChI is InChI=1S/C13H11NO4S/c1-2-8-19(17,18)11-10(12(15)14-13(11)16)9-6-4-3-5-7-9/h2-7H,1,8H2,(H,14,15,16). The van der Waals surface area contributed by atoms with Gasteiger partial charge in [0, 0.05) is 0 Å². The smallest absolute Gasteiger partial charge is 0.270 e. The van der Waals surface area contributed by atoms with E-state index in [4.69, 9.17) is 0 Å². The first-order chi connectivity index (χ1) is 8.97. The van der Waals surface area contributed by atoms with Gasteiger partial charge in [-0.2, -0.15) is 0 Å². The molecule has 1 aliphatic rings.